The maximum Gasteiger partial charge on any atom is 0.281 e. The normalized spacial score (nSPS) is 11.2. The van der Waals surface area contributed by atoms with Gasteiger partial charge in [-0.25, -0.2) is 13.8 Å². The topological polar surface area (TPSA) is 73.9 Å². The molecule has 1 N–H and O–H groups in total. The first kappa shape index (κ1) is 17.1. The van der Waals surface area contributed by atoms with Crippen molar-refractivity contribution in [3.63, 3.8) is 0 Å². The minimum atomic E-state index is -2.91. The Morgan fingerprint density at radius 2 is 2.12 bits per heavy atom. The fourth-order valence-electron chi connectivity index (χ4n) is 2.69. The van der Waals surface area contributed by atoms with Gasteiger partial charge in [0.2, 0.25) is 0 Å². The first-order valence-electron chi connectivity index (χ1n) is 7.40. The molecule has 3 aromatic rings. The van der Waals surface area contributed by atoms with Crippen LogP contribution in [0.4, 0.5) is 8.78 Å². The third-order valence-electron chi connectivity index (χ3n) is 4.01. The molecule has 0 fully saturated rings. The first-order chi connectivity index (χ1) is 11.8. The van der Waals surface area contributed by atoms with Crippen LogP contribution in [0.2, 0.25) is 5.02 Å². The summed E-state index contributed by atoms with van der Waals surface area (Å²) < 4.78 is 27.1. The Balaban J connectivity index is 2.21. The number of H-pyrrole nitrogens is 1. The maximum absolute atomic E-state index is 13.1. The summed E-state index contributed by atoms with van der Waals surface area (Å²) in [5.74, 6) is 0. The summed E-state index contributed by atoms with van der Waals surface area (Å²) in [5.41, 5.74) is 0.859. The van der Waals surface area contributed by atoms with Crippen LogP contribution in [-0.4, -0.2) is 14.6 Å². The van der Waals surface area contributed by atoms with E-state index in [4.69, 9.17) is 16.9 Å². The number of alkyl halides is 2. The summed E-state index contributed by atoms with van der Waals surface area (Å²) in [4.78, 5) is 16.9. The Hall–Kier alpha value is -2.72. The van der Waals surface area contributed by atoms with Crippen molar-refractivity contribution in [2.24, 2.45) is 0 Å². The van der Waals surface area contributed by atoms with Gasteiger partial charge >= 0.3 is 0 Å². The van der Waals surface area contributed by atoms with E-state index in [2.05, 4.69) is 10.1 Å². The summed E-state index contributed by atoms with van der Waals surface area (Å²) >= 11 is 6.22. The molecule has 0 amide bonds. The molecular weight excluding hydrogens is 350 g/mol. The average molecular weight is 363 g/mol. The molecule has 0 unspecified atom stereocenters. The van der Waals surface area contributed by atoms with Crippen molar-refractivity contribution in [2.75, 3.05) is 0 Å². The van der Waals surface area contributed by atoms with E-state index >= 15 is 0 Å². The van der Waals surface area contributed by atoms with Crippen molar-refractivity contribution in [3.8, 4) is 6.07 Å². The highest BCUT2D eigenvalue weighted by Crippen LogP contribution is 2.25. The number of halogens is 3. The van der Waals surface area contributed by atoms with E-state index in [1.165, 1.54) is 0 Å². The van der Waals surface area contributed by atoms with Crippen molar-refractivity contribution in [1.82, 2.24) is 14.6 Å². The number of fused-ring (bicyclic) bond motifs is 1. The van der Waals surface area contributed by atoms with Gasteiger partial charge in [-0.3, -0.25) is 9.89 Å². The number of hydrogen-bond acceptors (Lipinski definition) is 3. The van der Waals surface area contributed by atoms with Gasteiger partial charge < -0.3 is 0 Å². The predicted octanol–water partition coefficient (Wildman–Crippen LogP) is 3.69. The fourth-order valence-corrected chi connectivity index (χ4v) is 2.99. The van der Waals surface area contributed by atoms with Gasteiger partial charge in [0.1, 0.15) is 17.3 Å². The lowest BCUT2D eigenvalue weighted by Gasteiger charge is -2.08. The molecule has 128 valence electrons. The van der Waals surface area contributed by atoms with Crippen molar-refractivity contribution in [3.05, 3.63) is 67.2 Å². The van der Waals surface area contributed by atoms with Crippen LogP contribution in [0.25, 0.3) is 5.65 Å². The van der Waals surface area contributed by atoms with Gasteiger partial charge in [-0.2, -0.15) is 9.78 Å². The number of nitriles is 1. The van der Waals surface area contributed by atoms with Gasteiger partial charge in [-0.05, 0) is 31.0 Å². The molecule has 0 aliphatic carbocycles. The van der Waals surface area contributed by atoms with Crippen LogP contribution in [0.15, 0.2) is 23.0 Å². The molecule has 0 aliphatic rings. The third kappa shape index (κ3) is 2.89. The Morgan fingerprint density at radius 3 is 2.72 bits per heavy atom. The number of aromatic amines is 1. The van der Waals surface area contributed by atoms with Gasteiger partial charge in [0.25, 0.3) is 12.0 Å². The number of benzene rings is 1. The minimum Gasteiger partial charge on any atom is -0.287 e. The lowest BCUT2D eigenvalue weighted by Crippen LogP contribution is -2.22. The van der Waals surface area contributed by atoms with Crippen LogP contribution < -0.4 is 5.56 Å². The van der Waals surface area contributed by atoms with Crippen LogP contribution in [-0.2, 0) is 6.42 Å². The van der Waals surface area contributed by atoms with Crippen LogP contribution in [0.1, 0.15) is 40.1 Å². The molecular formula is C17H13ClF2N4O. The molecule has 8 heteroatoms. The summed E-state index contributed by atoms with van der Waals surface area (Å²) in [6, 6.07) is 7.15. The lowest BCUT2D eigenvalue weighted by molar-refractivity contribution is 0.145. The predicted molar refractivity (Wildman–Crippen MR) is 89.2 cm³/mol. The van der Waals surface area contributed by atoms with E-state index in [1.807, 2.05) is 19.1 Å². The molecule has 5 nitrogen and oxygen atoms in total. The van der Waals surface area contributed by atoms with Gasteiger partial charge in [-0.15, -0.1) is 0 Å². The average Bonchev–Trinajstić information content (AvgIpc) is 2.92. The van der Waals surface area contributed by atoms with E-state index in [-0.39, 0.29) is 17.6 Å². The number of nitrogens with one attached hydrogen (secondary N) is 1. The molecule has 3 rings (SSSR count). The molecule has 0 radical (unpaired) electrons. The van der Waals surface area contributed by atoms with E-state index in [0.717, 1.165) is 15.6 Å². The zero-order chi connectivity index (χ0) is 18.3. The Labute approximate surface area is 146 Å². The van der Waals surface area contributed by atoms with Crippen LogP contribution in [0.5, 0.6) is 0 Å². The molecule has 0 bridgehead atoms. The Bertz CT molecular complexity index is 1080. The molecule has 2 heterocycles. The van der Waals surface area contributed by atoms with Crippen molar-refractivity contribution in [1.29, 1.82) is 5.26 Å². The third-order valence-corrected chi connectivity index (χ3v) is 4.37. The van der Waals surface area contributed by atoms with E-state index in [0.29, 0.717) is 16.3 Å². The number of hydrogen-bond donors (Lipinski definition) is 1. The highest BCUT2D eigenvalue weighted by molar-refractivity contribution is 6.31. The van der Waals surface area contributed by atoms with Gasteiger partial charge in [-0.1, -0.05) is 23.7 Å². The van der Waals surface area contributed by atoms with E-state index in [9.17, 15) is 13.6 Å². The van der Waals surface area contributed by atoms with Crippen LogP contribution in [0.3, 0.4) is 0 Å². The Morgan fingerprint density at radius 1 is 1.40 bits per heavy atom. The van der Waals surface area contributed by atoms with Crippen LogP contribution in [0, 0.1) is 25.2 Å². The molecule has 0 aliphatic heterocycles. The maximum atomic E-state index is 13.1. The van der Waals surface area contributed by atoms with Gasteiger partial charge in [0, 0.05) is 22.7 Å². The molecule has 0 saturated carbocycles. The molecule has 1 aromatic carbocycles. The molecule has 25 heavy (non-hydrogen) atoms. The summed E-state index contributed by atoms with van der Waals surface area (Å²) in [5, 5.41) is 11.9. The summed E-state index contributed by atoms with van der Waals surface area (Å²) in [7, 11) is 0. The van der Waals surface area contributed by atoms with E-state index in [1.54, 1.807) is 19.1 Å². The summed E-state index contributed by atoms with van der Waals surface area (Å²) in [6.45, 7) is 3.51. The quantitative estimate of drug-likeness (QED) is 0.772. The smallest absolute Gasteiger partial charge is 0.281 e. The zero-order valence-electron chi connectivity index (χ0n) is 13.4. The van der Waals surface area contributed by atoms with Gasteiger partial charge in [0.05, 0.1) is 0 Å². The molecule has 0 saturated heterocycles. The van der Waals surface area contributed by atoms with Crippen LogP contribution >= 0.6 is 11.6 Å². The second kappa shape index (κ2) is 6.30. The monoisotopic (exact) mass is 362 g/mol. The number of nitrogens with zero attached hydrogens (tertiary/aromatic N) is 3. The summed E-state index contributed by atoms with van der Waals surface area (Å²) in [6.07, 6.45) is -2.70. The molecule has 0 spiro atoms. The largest absolute Gasteiger partial charge is 0.287 e. The van der Waals surface area contributed by atoms with Gasteiger partial charge in [0.15, 0.2) is 5.65 Å². The first-order valence-corrected chi connectivity index (χ1v) is 7.78. The zero-order valence-corrected chi connectivity index (χ0v) is 14.2. The van der Waals surface area contributed by atoms with E-state index < -0.39 is 17.7 Å². The fraction of sp³-hybridized carbons (Fsp3) is 0.235. The Kier molecular flexibility index (Phi) is 4.31. The second-order valence-electron chi connectivity index (χ2n) is 5.72. The minimum absolute atomic E-state index is 0.0981. The van der Waals surface area contributed by atoms with Crippen molar-refractivity contribution >= 4 is 17.2 Å². The highest BCUT2D eigenvalue weighted by Gasteiger charge is 2.23. The standard InChI is InChI=1S/C17H13ClF2N4O/c1-8-3-4-10(13(18)5-8)6-11-9(2)22-16-12(7-21)14(15(19)20)23-24(16)17(11)25/h3-5,15,23H,6H2,1-2H3. The number of aryl methyl sites for hydroxylation is 2. The molecule has 0 atom stereocenters. The molecule has 2 aromatic heterocycles. The van der Waals surface area contributed by atoms with Crippen molar-refractivity contribution in [2.45, 2.75) is 26.7 Å². The lowest BCUT2D eigenvalue weighted by atomic mass is 10.0. The second-order valence-corrected chi connectivity index (χ2v) is 6.13. The van der Waals surface area contributed by atoms with Crippen molar-refractivity contribution < 1.29 is 8.78 Å². The SMILES string of the molecule is Cc1ccc(Cc2c(C)nc3c(C#N)c(C(F)F)[nH]n3c2=O)c(Cl)c1. The number of rotatable bonds is 3. The number of aromatic nitrogens is 3. The highest BCUT2D eigenvalue weighted by atomic mass is 35.5.